The molecule has 0 aliphatic heterocycles. The molecule has 0 bridgehead atoms. The van der Waals surface area contributed by atoms with E-state index in [4.69, 9.17) is 5.73 Å². The molecule has 2 saturated carbocycles. The smallest absolute Gasteiger partial charge is 0.227 e. The fourth-order valence-corrected chi connectivity index (χ4v) is 3.23. The van der Waals surface area contributed by atoms with Crippen LogP contribution in [-0.4, -0.2) is 22.9 Å². The van der Waals surface area contributed by atoms with Gasteiger partial charge in [0.05, 0.1) is 5.92 Å². The molecule has 3 rings (SSSR count). The SMILES string of the molecule is NC1CCCCC1C(=O)N(Cc1ccccc1)C1CC1. The summed E-state index contributed by atoms with van der Waals surface area (Å²) in [5.41, 5.74) is 7.40. The zero-order valence-corrected chi connectivity index (χ0v) is 12.0. The number of carbonyl (C=O) groups is 1. The van der Waals surface area contributed by atoms with Crippen LogP contribution in [0, 0.1) is 5.92 Å². The third-order valence-corrected chi connectivity index (χ3v) is 4.60. The molecule has 2 unspecified atom stereocenters. The summed E-state index contributed by atoms with van der Waals surface area (Å²) in [6.45, 7) is 0.744. The van der Waals surface area contributed by atoms with Gasteiger partial charge in [-0.1, -0.05) is 43.2 Å². The van der Waals surface area contributed by atoms with Crippen LogP contribution < -0.4 is 5.73 Å². The van der Waals surface area contributed by atoms with Gasteiger partial charge in [0.25, 0.3) is 0 Å². The Labute approximate surface area is 121 Å². The van der Waals surface area contributed by atoms with E-state index in [0.29, 0.717) is 11.9 Å². The zero-order valence-electron chi connectivity index (χ0n) is 12.0. The molecule has 20 heavy (non-hydrogen) atoms. The number of nitrogens with two attached hydrogens (primary N) is 1. The molecule has 1 aromatic carbocycles. The van der Waals surface area contributed by atoms with Crippen LogP contribution in [0.15, 0.2) is 30.3 Å². The number of amides is 1. The normalized spacial score (nSPS) is 26.2. The minimum Gasteiger partial charge on any atom is -0.335 e. The number of hydrogen-bond donors (Lipinski definition) is 1. The summed E-state index contributed by atoms with van der Waals surface area (Å²) in [7, 11) is 0. The van der Waals surface area contributed by atoms with E-state index in [-0.39, 0.29) is 12.0 Å². The monoisotopic (exact) mass is 272 g/mol. The lowest BCUT2D eigenvalue weighted by Crippen LogP contribution is -2.46. The van der Waals surface area contributed by atoms with Crippen LogP contribution in [0.2, 0.25) is 0 Å². The van der Waals surface area contributed by atoms with Gasteiger partial charge in [0.1, 0.15) is 0 Å². The van der Waals surface area contributed by atoms with Crippen LogP contribution in [0.3, 0.4) is 0 Å². The van der Waals surface area contributed by atoms with E-state index in [9.17, 15) is 4.79 Å². The van der Waals surface area contributed by atoms with Gasteiger partial charge < -0.3 is 10.6 Å². The highest BCUT2D eigenvalue weighted by molar-refractivity contribution is 5.80. The fraction of sp³-hybridized carbons (Fsp3) is 0.588. The summed E-state index contributed by atoms with van der Waals surface area (Å²) >= 11 is 0. The summed E-state index contributed by atoms with van der Waals surface area (Å²) < 4.78 is 0. The summed E-state index contributed by atoms with van der Waals surface area (Å²) in [5.74, 6) is 0.344. The van der Waals surface area contributed by atoms with Gasteiger partial charge >= 0.3 is 0 Å². The second-order valence-corrected chi connectivity index (χ2v) is 6.24. The number of hydrogen-bond acceptors (Lipinski definition) is 2. The van der Waals surface area contributed by atoms with Crippen LogP contribution in [0.4, 0.5) is 0 Å². The van der Waals surface area contributed by atoms with E-state index in [1.165, 1.54) is 12.0 Å². The third-order valence-electron chi connectivity index (χ3n) is 4.60. The van der Waals surface area contributed by atoms with Crippen LogP contribution in [0.5, 0.6) is 0 Å². The lowest BCUT2D eigenvalue weighted by molar-refractivity contribution is -0.138. The average Bonchev–Trinajstić information content (AvgIpc) is 3.30. The Balaban J connectivity index is 1.71. The predicted octanol–water partition coefficient (Wildman–Crippen LogP) is 2.70. The fourth-order valence-electron chi connectivity index (χ4n) is 3.23. The van der Waals surface area contributed by atoms with Crippen LogP contribution >= 0.6 is 0 Å². The number of rotatable bonds is 4. The maximum atomic E-state index is 12.8. The van der Waals surface area contributed by atoms with E-state index < -0.39 is 0 Å². The van der Waals surface area contributed by atoms with Crippen molar-refractivity contribution in [3.8, 4) is 0 Å². The molecule has 0 spiro atoms. The molecular weight excluding hydrogens is 248 g/mol. The average molecular weight is 272 g/mol. The highest BCUT2D eigenvalue weighted by Gasteiger charge is 2.38. The van der Waals surface area contributed by atoms with Gasteiger partial charge in [-0.05, 0) is 31.2 Å². The second-order valence-electron chi connectivity index (χ2n) is 6.24. The first-order valence-electron chi connectivity index (χ1n) is 7.85. The van der Waals surface area contributed by atoms with Crippen molar-refractivity contribution in [2.75, 3.05) is 0 Å². The maximum absolute atomic E-state index is 12.8. The molecule has 0 saturated heterocycles. The topological polar surface area (TPSA) is 46.3 Å². The molecule has 2 atom stereocenters. The first-order valence-corrected chi connectivity index (χ1v) is 7.85. The van der Waals surface area contributed by atoms with Gasteiger partial charge in [-0.15, -0.1) is 0 Å². The standard InChI is InChI=1S/C17H24N2O/c18-16-9-5-4-8-15(16)17(20)19(14-10-11-14)12-13-6-2-1-3-7-13/h1-3,6-7,14-16H,4-5,8-12,18H2. The van der Waals surface area contributed by atoms with Crippen LogP contribution in [0.25, 0.3) is 0 Å². The summed E-state index contributed by atoms with van der Waals surface area (Å²) in [4.78, 5) is 14.9. The predicted molar refractivity (Wildman–Crippen MR) is 79.9 cm³/mol. The Bertz CT molecular complexity index is 455. The van der Waals surface area contributed by atoms with E-state index in [1.807, 2.05) is 18.2 Å². The van der Waals surface area contributed by atoms with Gasteiger partial charge in [0.15, 0.2) is 0 Å². The molecular formula is C17H24N2O. The zero-order chi connectivity index (χ0) is 13.9. The molecule has 3 heteroatoms. The van der Waals surface area contributed by atoms with Crippen molar-refractivity contribution in [1.29, 1.82) is 0 Å². The molecule has 0 radical (unpaired) electrons. The first-order chi connectivity index (χ1) is 9.75. The Hall–Kier alpha value is -1.35. The summed E-state index contributed by atoms with van der Waals surface area (Å²) in [6, 6.07) is 10.8. The number of nitrogens with zero attached hydrogens (tertiary/aromatic N) is 1. The van der Waals surface area contributed by atoms with E-state index in [1.54, 1.807) is 0 Å². The summed E-state index contributed by atoms with van der Waals surface area (Å²) in [6.07, 6.45) is 6.60. The Morgan fingerprint density at radius 1 is 1.10 bits per heavy atom. The van der Waals surface area contributed by atoms with Crippen molar-refractivity contribution >= 4 is 5.91 Å². The van der Waals surface area contributed by atoms with Gasteiger partial charge in [-0.3, -0.25) is 4.79 Å². The Morgan fingerprint density at radius 2 is 1.80 bits per heavy atom. The molecule has 0 heterocycles. The molecule has 2 aliphatic rings. The number of carbonyl (C=O) groups excluding carboxylic acids is 1. The highest BCUT2D eigenvalue weighted by Crippen LogP contribution is 2.33. The highest BCUT2D eigenvalue weighted by atomic mass is 16.2. The van der Waals surface area contributed by atoms with E-state index >= 15 is 0 Å². The van der Waals surface area contributed by atoms with Crippen molar-refractivity contribution in [1.82, 2.24) is 4.90 Å². The van der Waals surface area contributed by atoms with Gasteiger partial charge in [-0.2, -0.15) is 0 Å². The van der Waals surface area contributed by atoms with Crippen LogP contribution in [0.1, 0.15) is 44.1 Å². The molecule has 1 amide bonds. The molecule has 1 aromatic rings. The molecule has 2 aliphatic carbocycles. The van der Waals surface area contributed by atoms with Gasteiger partial charge in [0.2, 0.25) is 5.91 Å². The molecule has 3 nitrogen and oxygen atoms in total. The van der Waals surface area contributed by atoms with Crippen molar-refractivity contribution in [3.63, 3.8) is 0 Å². The van der Waals surface area contributed by atoms with E-state index in [2.05, 4.69) is 17.0 Å². The number of benzene rings is 1. The van der Waals surface area contributed by atoms with Gasteiger partial charge in [-0.25, -0.2) is 0 Å². The molecule has 2 fully saturated rings. The van der Waals surface area contributed by atoms with Crippen molar-refractivity contribution in [3.05, 3.63) is 35.9 Å². The third kappa shape index (κ3) is 3.04. The quantitative estimate of drug-likeness (QED) is 0.916. The van der Waals surface area contributed by atoms with E-state index in [0.717, 1.165) is 38.6 Å². The Morgan fingerprint density at radius 3 is 2.45 bits per heavy atom. The van der Waals surface area contributed by atoms with Gasteiger partial charge in [0, 0.05) is 18.6 Å². The lowest BCUT2D eigenvalue weighted by Gasteiger charge is -2.33. The molecule has 2 N–H and O–H groups in total. The van der Waals surface area contributed by atoms with Crippen molar-refractivity contribution < 1.29 is 4.79 Å². The van der Waals surface area contributed by atoms with Crippen molar-refractivity contribution in [2.45, 2.75) is 57.2 Å². The lowest BCUT2D eigenvalue weighted by atomic mass is 9.84. The largest absolute Gasteiger partial charge is 0.335 e. The maximum Gasteiger partial charge on any atom is 0.227 e. The Kier molecular flexibility index (Phi) is 4.06. The summed E-state index contributed by atoms with van der Waals surface area (Å²) in [5, 5.41) is 0. The van der Waals surface area contributed by atoms with Crippen LogP contribution in [-0.2, 0) is 11.3 Å². The molecule has 0 aromatic heterocycles. The minimum atomic E-state index is 0.0491. The first kappa shape index (κ1) is 13.6. The molecule has 108 valence electrons. The van der Waals surface area contributed by atoms with Crippen molar-refractivity contribution in [2.24, 2.45) is 11.7 Å². The second kappa shape index (κ2) is 5.96. The minimum absolute atomic E-state index is 0.0491.